The van der Waals surface area contributed by atoms with Gasteiger partial charge in [-0.3, -0.25) is 0 Å². The molecule has 0 unspecified atom stereocenters. The largest absolute Gasteiger partial charge is 0.467 e. The highest BCUT2D eigenvalue weighted by Crippen LogP contribution is 2.24. The summed E-state index contributed by atoms with van der Waals surface area (Å²) >= 11 is 0. The van der Waals surface area contributed by atoms with Crippen molar-refractivity contribution in [2.75, 3.05) is 13.4 Å². The highest BCUT2D eigenvalue weighted by atomic mass is 19.1. The molecule has 3 nitrogen and oxygen atoms in total. The first kappa shape index (κ1) is 11.9. The molecule has 1 rings (SSSR count). The number of ether oxygens (including phenoxy) is 2. The molecule has 0 aromatic heterocycles. The molecule has 0 aliphatic carbocycles. The quantitative estimate of drug-likeness (QED) is 0.602. The van der Waals surface area contributed by atoms with Crippen LogP contribution in [0.3, 0.4) is 0 Å². The van der Waals surface area contributed by atoms with Crippen LogP contribution in [0.4, 0.5) is 4.39 Å². The standard InChI is InChI=1S/C11H16FNO2/c1-3-14-7-15-11-5-4-9(12)6-10(11)8(2)13/h4-6,8H,3,7,13H2,1-2H3/t8-/m1/s1. The summed E-state index contributed by atoms with van der Waals surface area (Å²) in [5.74, 6) is 0.255. The summed E-state index contributed by atoms with van der Waals surface area (Å²) in [6, 6.07) is 4.02. The molecule has 0 spiro atoms. The van der Waals surface area contributed by atoms with Crippen LogP contribution in [0.5, 0.6) is 5.75 Å². The van der Waals surface area contributed by atoms with Crippen molar-refractivity contribution in [2.24, 2.45) is 5.73 Å². The maximum Gasteiger partial charge on any atom is 0.189 e. The Morgan fingerprint density at radius 2 is 2.20 bits per heavy atom. The highest BCUT2D eigenvalue weighted by Gasteiger charge is 2.09. The van der Waals surface area contributed by atoms with Crippen LogP contribution in [0, 0.1) is 5.82 Å². The number of benzene rings is 1. The van der Waals surface area contributed by atoms with Gasteiger partial charge in [-0.05, 0) is 32.0 Å². The Kier molecular flexibility index (Phi) is 4.52. The normalized spacial score (nSPS) is 12.5. The monoisotopic (exact) mass is 213 g/mol. The minimum atomic E-state index is -0.314. The smallest absolute Gasteiger partial charge is 0.189 e. The number of hydrogen-bond acceptors (Lipinski definition) is 3. The number of rotatable bonds is 5. The predicted molar refractivity (Wildman–Crippen MR) is 56.1 cm³/mol. The van der Waals surface area contributed by atoms with Crippen molar-refractivity contribution in [1.29, 1.82) is 0 Å². The van der Waals surface area contributed by atoms with Gasteiger partial charge in [0, 0.05) is 18.2 Å². The third kappa shape index (κ3) is 3.49. The van der Waals surface area contributed by atoms with E-state index in [0.717, 1.165) is 0 Å². The second-order valence-electron chi connectivity index (χ2n) is 3.23. The maximum absolute atomic E-state index is 13.0. The van der Waals surface area contributed by atoms with Gasteiger partial charge in [0.05, 0.1) is 0 Å². The Labute approximate surface area is 89.0 Å². The van der Waals surface area contributed by atoms with Gasteiger partial charge in [-0.15, -0.1) is 0 Å². The number of halogens is 1. The minimum absolute atomic E-state index is 0.155. The fourth-order valence-electron chi connectivity index (χ4n) is 1.20. The van der Waals surface area contributed by atoms with Crippen LogP contribution in [0.25, 0.3) is 0 Å². The van der Waals surface area contributed by atoms with Crippen molar-refractivity contribution in [3.63, 3.8) is 0 Å². The predicted octanol–water partition coefficient (Wildman–Crippen LogP) is 2.22. The third-order valence-electron chi connectivity index (χ3n) is 1.96. The Bertz CT molecular complexity index is 315. The summed E-state index contributed by atoms with van der Waals surface area (Å²) in [6.45, 7) is 4.39. The molecule has 0 amide bonds. The van der Waals surface area contributed by atoms with Crippen LogP contribution in [-0.4, -0.2) is 13.4 Å². The Balaban J connectivity index is 2.77. The van der Waals surface area contributed by atoms with E-state index in [1.54, 1.807) is 13.0 Å². The topological polar surface area (TPSA) is 44.5 Å². The van der Waals surface area contributed by atoms with Gasteiger partial charge in [0.15, 0.2) is 6.79 Å². The second-order valence-corrected chi connectivity index (χ2v) is 3.23. The fraction of sp³-hybridized carbons (Fsp3) is 0.455. The zero-order valence-corrected chi connectivity index (χ0v) is 9.00. The molecule has 0 aliphatic rings. The van der Waals surface area contributed by atoms with Crippen molar-refractivity contribution >= 4 is 0 Å². The zero-order chi connectivity index (χ0) is 11.3. The Morgan fingerprint density at radius 3 is 2.80 bits per heavy atom. The maximum atomic E-state index is 13.0. The molecular weight excluding hydrogens is 197 g/mol. The first-order chi connectivity index (χ1) is 7.15. The van der Waals surface area contributed by atoms with Gasteiger partial charge in [-0.1, -0.05) is 0 Å². The average molecular weight is 213 g/mol. The number of hydrogen-bond donors (Lipinski definition) is 1. The van der Waals surface area contributed by atoms with E-state index in [1.165, 1.54) is 12.1 Å². The van der Waals surface area contributed by atoms with Gasteiger partial charge in [0.1, 0.15) is 11.6 Å². The van der Waals surface area contributed by atoms with Crippen LogP contribution in [0.15, 0.2) is 18.2 Å². The second kappa shape index (κ2) is 5.68. The fourth-order valence-corrected chi connectivity index (χ4v) is 1.20. The summed E-state index contributed by atoms with van der Waals surface area (Å²) in [5.41, 5.74) is 6.35. The molecule has 1 aromatic carbocycles. The van der Waals surface area contributed by atoms with Crippen molar-refractivity contribution < 1.29 is 13.9 Å². The summed E-state index contributed by atoms with van der Waals surface area (Å²) in [5, 5.41) is 0. The first-order valence-corrected chi connectivity index (χ1v) is 4.90. The van der Waals surface area contributed by atoms with Crippen LogP contribution in [-0.2, 0) is 4.74 Å². The molecule has 0 saturated carbocycles. The van der Waals surface area contributed by atoms with E-state index in [0.29, 0.717) is 17.9 Å². The van der Waals surface area contributed by atoms with Gasteiger partial charge >= 0.3 is 0 Å². The average Bonchev–Trinajstić information content (AvgIpc) is 2.20. The molecule has 1 aromatic rings. The van der Waals surface area contributed by atoms with Crippen molar-refractivity contribution in [1.82, 2.24) is 0 Å². The van der Waals surface area contributed by atoms with Gasteiger partial charge in [-0.2, -0.15) is 0 Å². The third-order valence-corrected chi connectivity index (χ3v) is 1.96. The van der Waals surface area contributed by atoms with Crippen molar-refractivity contribution in [2.45, 2.75) is 19.9 Å². The first-order valence-electron chi connectivity index (χ1n) is 4.90. The van der Waals surface area contributed by atoms with E-state index in [-0.39, 0.29) is 18.7 Å². The summed E-state index contributed by atoms with van der Waals surface area (Å²) in [7, 11) is 0. The summed E-state index contributed by atoms with van der Waals surface area (Å²) in [6.07, 6.45) is 0. The highest BCUT2D eigenvalue weighted by molar-refractivity contribution is 5.35. The molecule has 4 heteroatoms. The molecule has 0 radical (unpaired) electrons. The minimum Gasteiger partial charge on any atom is -0.467 e. The van der Waals surface area contributed by atoms with Gasteiger partial charge in [-0.25, -0.2) is 4.39 Å². The Hall–Kier alpha value is -1.13. The lowest BCUT2D eigenvalue weighted by atomic mass is 10.1. The zero-order valence-electron chi connectivity index (χ0n) is 9.00. The molecule has 0 heterocycles. The van der Waals surface area contributed by atoms with Crippen molar-refractivity contribution in [3.05, 3.63) is 29.6 Å². The van der Waals surface area contributed by atoms with E-state index in [4.69, 9.17) is 15.2 Å². The molecule has 1 atom stereocenters. The number of nitrogens with two attached hydrogens (primary N) is 1. The van der Waals surface area contributed by atoms with Gasteiger partial charge < -0.3 is 15.2 Å². The summed E-state index contributed by atoms with van der Waals surface area (Å²) in [4.78, 5) is 0. The van der Waals surface area contributed by atoms with Gasteiger partial charge in [0.2, 0.25) is 0 Å². The molecule has 0 bridgehead atoms. The molecule has 0 aliphatic heterocycles. The molecule has 2 N–H and O–H groups in total. The molecule has 84 valence electrons. The molecule has 0 saturated heterocycles. The van der Waals surface area contributed by atoms with Crippen LogP contribution in [0.2, 0.25) is 0 Å². The summed E-state index contributed by atoms with van der Waals surface area (Å²) < 4.78 is 23.3. The van der Waals surface area contributed by atoms with E-state index < -0.39 is 0 Å². The lowest BCUT2D eigenvalue weighted by Crippen LogP contribution is -2.10. The van der Waals surface area contributed by atoms with E-state index in [1.807, 2.05) is 6.92 Å². The van der Waals surface area contributed by atoms with E-state index in [2.05, 4.69) is 0 Å². The van der Waals surface area contributed by atoms with E-state index >= 15 is 0 Å². The van der Waals surface area contributed by atoms with Crippen molar-refractivity contribution in [3.8, 4) is 5.75 Å². The molecule has 0 fully saturated rings. The van der Waals surface area contributed by atoms with Crippen LogP contribution < -0.4 is 10.5 Å². The van der Waals surface area contributed by atoms with Crippen LogP contribution in [0.1, 0.15) is 25.5 Å². The lowest BCUT2D eigenvalue weighted by molar-refractivity contribution is 0.0216. The SMILES string of the molecule is CCOCOc1ccc(F)cc1[C@@H](C)N. The molecule has 15 heavy (non-hydrogen) atoms. The van der Waals surface area contributed by atoms with Gasteiger partial charge in [0.25, 0.3) is 0 Å². The van der Waals surface area contributed by atoms with Crippen LogP contribution >= 0.6 is 0 Å². The Morgan fingerprint density at radius 1 is 1.47 bits per heavy atom. The molecular formula is C11H16FNO2. The lowest BCUT2D eigenvalue weighted by Gasteiger charge is -2.13. The van der Waals surface area contributed by atoms with E-state index in [9.17, 15) is 4.39 Å².